The molecule has 196 valence electrons. The van der Waals surface area contributed by atoms with E-state index < -0.39 is 17.1 Å². The molecule has 3 aromatic carbocycles. The molecule has 38 heavy (non-hydrogen) atoms. The maximum absolute atomic E-state index is 12.9. The number of halogens is 3. The Kier molecular flexibility index (Phi) is 9.36. The van der Waals surface area contributed by atoms with Gasteiger partial charge in [-0.1, -0.05) is 49.7 Å². The van der Waals surface area contributed by atoms with E-state index in [0.717, 1.165) is 27.8 Å². The van der Waals surface area contributed by atoms with Crippen molar-refractivity contribution in [2.45, 2.75) is 26.4 Å². The molecule has 1 aliphatic heterocycles. The number of anilines is 1. The fourth-order valence-electron chi connectivity index (χ4n) is 3.62. The lowest BCUT2D eigenvalue weighted by Crippen LogP contribution is -2.36. The minimum absolute atomic E-state index is 0.234. The SMILES string of the molecule is CC(C)c1ccc(NC(=O)CN2C(=O)S/C(=C/c3cc(Br)c(OCc4ccc(Cl)cc4)c(Br)c3)C2=O)cc1. The van der Waals surface area contributed by atoms with E-state index in [4.69, 9.17) is 16.3 Å². The Labute approximate surface area is 247 Å². The van der Waals surface area contributed by atoms with Crippen LogP contribution < -0.4 is 10.1 Å². The van der Waals surface area contributed by atoms with Crippen LogP contribution in [0.25, 0.3) is 6.08 Å². The van der Waals surface area contributed by atoms with E-state index in [2.05, 4.69) is 51.0 Å². The van der Waals surface area contributed by atoms with Crippen LogP contribution in [0, 0.1) is 0 Å². The molecule has 0 bridgehead atoms. The smallest absolute Gasteiger partial charge is 0.294 e. The third-order valence-corrected chi connectivity index (χ3v) is 7.99. The van der Waals surface area contributed by atoms with Gasteiger partial charge in [0.05, 0.1) is 13.9 Å². The van der Waals surface area contributed by atoms with E-state index in [1.165, 1.54) is 0 Å². The van der Waals surface area contributed by atoms with Crippen LogP contribution in [0.1, 0.15) is 36.5 Å². The predicted octanol–water partition coefficient (Wildman–Crippen LogP) is 8.24. The minimum atomic E-state index is -0.513. The largest absolute Gasteiger partial charge is 0.487 e. The van der Waals surface area contributed by atoms with Crippen LogP contribution in [0.15, 0.2) is 74.5 Å². The number of carbonyl (C=O) groups is 3. The summed E-state index contributed by atoms with van der Waals surface area (Å²) in [7, 11) is 0. The highest BCUT2D eigenvalue weighted by Crippen LogP contribution is 2.38. The Balaban J connectivity index is 1.41. The van der Waals surface area contributed by atoms with Gasteiger partial charge < -0.3 is 10.1 Å². The molecule has 0 radical (unpaired) electrons. The molecule has 3 aromatic rings. The van der Waals surface area contributed by atoms with Crippen molar-refractivity contribution in [3.8, 4) is 5.75 Å². The average Bonchev–Trinajstić information content (AvgIpc) is 3.12. The predicted molar refractivity (Wildman–Crippen MR) is 159 cm³/mol. The highest BCUT2D eigenvalue weighted by Gasteiger charge is 2.36. The second-order valence-corrected chi connectivity index (χ2v) is 12.0. The van der Waals surface area contributed by atoms with Crippen LogP contribution in [-0.2, 0) is 16.2 Å². The summed E-state index contributed by atoms with van der Waals surface area (Å²) >= 11 is 13.8. The van der Waals surface area contributed by atoms with Crippen molar-refractivity contribution in [1.29, 1.82) is 0 Å². The topological polar surface area (TPSA) is 75.7 Å². The average molecular weight is 679 g/mol. The zero-order valence-electron chi connectivity index (χ0n) is 20.5. The number of ether oxygens (including phenoxy) is 1. The summed E-state index contributed by atoms with van der Waals surface area (Å²) in [6.07, 6.45) is 1.62. The van der Waals surface area contributed by atoms with Crippen molar-refractivity contribution in [3.05, 3.63) is 96.2 Å². The monoisotopic (exact) mass is 676 g/mol. The van der Waals surface area contributed by atoms with Crippen molar-refractivity contribution in [3.63, 3.8) is 0 Å². The number of hydrogen-bond donors (Lipinski definition) is 1. The van der Waals surface area contributed by atoms with Gasteiger partial charge in [-0.25, -0.2) is 0 Å². The number of carbonyl (C=O) groups excluding carboxylic acids is 3. The first-order valence-electron chi connectivity index (χ1n) is 11.6. The first kappa shape index (κ1) is 28.4. The molecule has 6 nitrogen and oxygen atoms in total. The molecule has 3 amide bonds. The van der Waals surface area contributed by atoms with Crippen LogP contribution in [0.5, 0.6) is 5.75 Å². The molecular weight excluding hydrogens is 656 g/mol. The molecule has 1 aliphatic rings. The van der Waals surface area contributed by atoms with Crippen molar-refractivity contribution in [2.24, 2.45) is 0 Å². The van der Waals surface area contributed by atoms with Gasteiger partial charge in [0.15, 0.2) is 0 Å². The van der Waals surface area contributed by atoms with E-state index in [1.807, 2.05) is 24.3 Å². The first-order valence-corrected chi connectivity index (χ1v) is 14.4. The van der Waals surface area contributed by atoms with Crippen LogP contribution in [0.4, 0.5) is 10.5 Å². The highest BCUT2D eigenvalue weighted by molar-refractivity contribution is 9.11. The molecule has 0 atom stereocenters. The second-order valence-electron chi connectivity index (χ2n) is 8.82. The van der Waals surface area contributed by atoms with E-state index in [0.29, 0.717) is 43.5 Å². The summed E-state index contributed by atoms with van der Waals surface area (Å²) in [6, 6.07) is 18.4. The number of thioether (sulfide) groups is 1. The van der Waals surface area contributed by atoms with Crippen molar-refractivity contribution < 1.29 is 19.1 Å². The van der Waals surface area contributed by atoms with Crippen LogP contribution in [0.2, 0.25) is 5.02 Å². The van der Waals surface area contributed by atoms with Gasteiger partial charge in [-0.3, -0.25) is 19.3 Å². The Hall–Kier alpha value is -2.59. The van der Waals surface area contributed by atoms with Crippen molar-refractivity contribution in [2.75, 3.05) is 11.9 Å². The van der Waals surface area contributed by atoms with E-state index in [-0.39, 0.29) is 11.4 Å². The van der Waals surface area contributed by atoms with Crippen molar-refractivity contribution in [1.82, 2.24) is 4.90 Å². The fourth-order valence-corrected chi connectivity index (χ4v) is 6.04. The molecule has 0 aliphatic carbocycles. The number of hydrogen-bond acceptors (Lipinski definition) is 5. The molecule has 1 fully saturated rings. The van der Waals surface area contributed by atoms with Gasteiger partial charge in [0, 0.05) is 10.7 Å². The molecule has 1 saturated heterocycles. The quantitative estimate of drug-likeness (QED) is 0.243. The normalized spacial score (nSPS) is 14.5. The highest BCUT2D eigenvalue weighted by atomic mass is 79.9. The molecule has 0 unspecified atom stereocenters. The third-order valence-electron chi connectivity index (χ3n) is 5.65. The zero-order chi connectivity index (χ0) is 27.4. The van der Waals surface area contributed by atoms with Crippen LogP contribution >= 0.6 is 55.2 Å². The summed E-state index contributed by atoms with van der Waals surface area (Å²) in [4.78, 5) is 39.2. The number of rotatable bonds is 8. The molecule has 1 heterocycles. The van der Waals surface area contributed by atoms with Gasteiger partial charge >= 0.3 is 0 Å². The minimum Gasteiger partial charge on any atom is -0.487 e. The zero-order valence-corrected chi connectivity index (χ0v) is 25.2. The molecule has 10 heteroatoms. The fraction of sp³-hybridized carbons (Fsp3) is 0.179. The maximum atomic E-state index is 12.9. The molecule has 0 aromatic heterocycles. The summed E-state index contributed by atoms with van der Waals surface area (Å²) < 4.78 is 7.30. The molecule has 4 rings (SSSR count). The summed E-state index contributed by atoms with van der Waals surface area (Å²) in [5.41, 5.74) is 3.40. The van der Waals surface area contributed by atoms with Crippen LogP contribution in [-0.4, -0.2) is 28.5 Å². The van der Waals surface area contributed by atoms with Gasteiger partial charge in [-0.2, -0.15) is 0 Å². The number of nitrogens with one attached hydrogen (secondary N) is 1. The van der Waals surface area contributed by atoms with E-state index in [9.17, 15) is 14.4 Å². The van der Waals surface area contributed by atoms with E-state index >= 15 is 0 Å². The lowest BCUT2D eigenvalue weighted by molar-refractivity contribution is -0.127. The molecule has 1 N–H and O–H groups in total. The van der Waals surface area contributed by atoms with Gasteiger partial charge in [-0.05, 0) is 109 Å². The second kappa shape index (κ2) is 12.5. The molecule has 0 saturated carbocycles. The Morgan fingerprint density at radius 3 is 2.29 bits per heavy atom. The number of imide groups is 1. The Morgan fingerprint density at radius 1 is 1.05 bits per heavy atom. The number of nitrogens with zero attached hydrogens (tertiary/aromatic N) is 1. The van der Waals surface area contributed by atoms with Gasteiger partial charge in [0.1, 0.15) is 18.9 Å². The van der Waals surface area contributed by atoms with Crippen molar-refractivity contribution >= 4 is 84.0 Å². The lowest BCUT2D eigenvalue weighted by Gasteiger charge is -2.13. The van der Waals surface area contributed by atoms with Gasteiger partial charge in [-0.15, -0.1) is 0 Å². The summed E-state index contributed by atoms with van der Waals surface area (Å²) in [5.74, 6) is 0.0172. The standard InChI is InChI=1S/C28H23Br2ClN2O4S/c1-16(2)19-5-9-21(10-6-19)32-25(34)14-33-27(35)24(38-28(33)36)13-18-11-22(29)26(23(30)12-18)37-15-17-3-7-20(31)8-4-17/h3-13,16H,14-15H2,1-2H3,(H,32,34)/b24-13+. The van der Waals surface area contributed by atoms with Gasteiger partial charge in [0.25, 0.3) is 11.1 Å². The van der Waals surface area contributed by atoms with Gasteiger partial charge in [0.2, 0.25) is 5.91 Å². The lowest BCUT2D eigenvalue weighted by atomic mass is 10.0. The first-order chi connectivity index (χ1) is 18.1. The Bertz CT molecular complexity index is 1390. The number of amides is 3. The van der Waals surface area contributed by atoms with Crippen LogP contribution in [0.3, 0.4) is 0 Å². The number of benzene rings is 3. The Morgan fingerprint density at radius 2 is 1.68 bits per heavy atom. The maximum Gasteiger partial charge on any atom is 0.294 e. The third kappa shape index (κ3) is 7.08. The molecule has 0 spiro atoms. The van der Waals surface area contributed by atoms with E-state index in [1.54, 1.807) is 42.5 Å². The summed E-state index contributed by atoms with van der Waals surface area (Å²) in [6.45, 7) is 4.16. The summed E-state index contributed by atoms with van der Waals surface area (Å²) in [5, 5.41) is 2.90. The molecular formula is C28H23Br2ClN2O4S.